The van der Waals surface area contributed by atoms with Gasteiger partial charge in [-0.3, -0.25) is 0 Å². The van der Waals surface area contributed by atoms with Crippen molar-refractivity contribution >= 4 is 21.5 Å². The van der Waals surface area contributed by atoms with Crippen LogP contribution in [0.25, 0.3) is 21.5 Å². The highest BCUT2D eigenvalue weighted by Crippen LogP contribution is 2.45. The van der Waals surface area contributed by atoms with Gasteiger partial charge in [0.1, 0.15) is 17.4 Å². The van der Waals surface area contributed by atoms with Crippen LogP contribution in [0.3, 0.4) is 0 Å². The molecule has 5 rings (SSSR count). The lowest BCUT2D eigenvalue weighted by molar-refractivity contribution is 0.395. The maximum atomic E-state index is 9.84. The fourth-order valence-corrected chi connectivity index (χ4v) is 3.96. The number of fused-ring (bicyclic) bond motifs is 4. The zero-order valence-corrected chi connectivity index (χ0v) is 14.5. The molecule has 4 aromatic carbocycles. The van der Waals surface area contributed by atoms with Gasteiger partial charge in [-0.15, -0.1) is 0 Å². The molecule has 128 valence electrons. The molecule has 1 aliphatic rings. The molecule has 0 bridgehead atoms. The molecular formula is C24H16N2O. The highest BCUT2D eigenvalue weighted by atomic mass is 16.5. The number of nitriles is 1. The van der Waals surface area contributed by atoms with Crippen LogP contribution >= 0.6 is 0 Å². The van der Waals surface area contributed by atoms with E-state index in [1.807, 2.05) is 36.4 Å². The van der Waals surface area contributed by atoms with Gasteiger partial charge in [-0.1, -0.05) is 72.8 Å². The molecule has 0 amide bonds. The fraction of sp³-hybridized carbons (Fsp3) is 0.0417. The smallest absolute Gasteiger partial charge is 0.205 e. The molecule has 1 aliphatic heterocycles. The maximum Gasteiger partial charge on any atom is 0.205 e. The van der Waals surface area contributed by atoms with E-state index in [4.69, 9.17) is 10.5 Å². The van der Waals surface area contributed by atoms with Gasteiger partial charge in [0.25, 0.3) is 0 Å². The normalized spacial score (nSPS) is 16.0. The van der Waals surface area contributed by atoms with Crippen molar-refractivity contribution in [1.29, 1.82) is 5.26 Å². The van der Waals surface area contributed by atoms with Crippen LogP contribution in [0.4, 0.5) is 0 Å². The molecule has 1 heterocycles. The van der Waals surface area contributed by atoms with E-state index in [-0.39, 0.29) is 11.8 Å². The average molecular weight is 348 g/mol. The van der Waals surface area contributed by atoms with E-state index in [2.05, 4.69) is 48.5 Å². The van der Waals surface area contributed by atoms with Crippen molar-refractivity contribution in [2.24, 2.45) is 5.73 Å². The van der Waals surface area contributed by atoms with Gasteiger partial charge in [-0.2, -0.15) is 5.26 Å². The molecule has 2 N–H and O–H groups in total. The van der Waals surface area contributed by atoms with Gasteiger partial charge in [0.15, 0.2) is 0 Å². The minimum atomic E-state index is -0.255. The Bertz CT molecular complexity index is 1280. The van der Waals surface area contributed by atoms with E-state index in [1.165, 1.54) is 5.39 Å². The Kier molecular flexibility index (Phi) is 3.38. The Morgan fingerprint density at radius 2 is 1.52 bits per heavy atom. The second-order valence-electron chi connectivity index (χ2n) is 6.73. The number of hydrogen-bond donors (Lipinski definition) is 1. The van der Waals surface area contributed by atoms with Gasteiger partial charge in [0, 0.05) is 5.56 Å². The third-order valence-electron chi connectivity index (χ3n) is 5.22. The first kappa shape index (κ1) is 15.5. The molecule has 1 atom stereocenters. The van der Waals surface area contributed by atoms with Crippen molar-refractivity contribution in [3.63, 3.8) is 0 Å². The summed E-state index contributed by atoms with van der Waals surface area (Å²) in [6.45, 7) is 0. The van der Waals surface area contributed by atoms with Crippen molar-refractivity contribution in [3.05, 3.63) is 101 Å². The summed E-state index contributed by atoms with van der Waals surface area (Å²) in [4.78, 5) is 0. The number of nitrogens with zero attached hydrogens (tertiary/aromatic N) is 1. The Hall–Kier alpha value is -3.77. The Morgan fingerprint density at radius 1 is 0.815 bits per heavy atom. The number of benzene rings is 4. The van der Waals surface area contributed by atoms with Gasteiger partial charge >= 0.3 is 0 Å². The van der Waals surface area contributed by atoms with Gasteiger partial charge in [-0.25, -0.2) is 0 Å². The van der Waals surface area contributed by atoms with Crippen LogP contribution in [0.5, 0.6) is 5.75 Å². The molecule has 0 aliphatic carbocycles. The second-order valence-corrected chi connectivity index (χ2v) is 6.73. The largest absolute Gasteiger partial charge is 0.440 e. The second kappa shape index (κ2) is 5.89. The molecule has 4 aromatic rings. The van der Waals surface area contributed by atoms with E-state index >= 15 is 0 Å². The van der Waals surface area contributed by atoms with E-state index in [1.54, 1.807) is 0 Å². The van der Waals surface area contributed by atoms with Crippen LogP contribution in [0, 0.1) is 11.3 Å². The Labute approximate surface area is 156 Å². The zero-order valence-electron chi connectivity index (χ0n) is 14.5. The van der Waals surface area contributed by atoms with Crippen molar-refractivity contribution in [2.75, 3.05) is 0 Å². The van der Waals surface area contributed by atoms with Crippen LogP contribution < -0.4 is 10.5 Å². The molecule has 0 spiro atoms. The molecule has 0 fully saturated rings. The summed E-state index contributed by atoms with van der Waals surface area (Å²) in [7, 11) is 0. The molecule has 0 saturated heterocycles. The number of allylic oxidation sites excluding steroid dienone is 1. The van der Waals surface area contributed by atoms with E-state index in [0.717, 1.165) is 27.3 Å². The monoisotopic (exact) mass is 348 g/mol. The number of hydrogen-bond acceptors (Lipinski definition) is 3. The molecule has 0 unspecified atom stereocenters. The van der Waals surface area contributed by atoms with Crippen LogP contribution in [-0.2, 0) is 0 Å². The van der Waals surface area contributed by atoms with Gasteiger partial charge in [0.05, 0.1) is 5.92 Å². The lowest BCUT2D eigenvalue weighted by Crippen LogP contribution is -2.21. The Balaban J connectivity index is 1.84. The summed E-state index contributed by atoms with van der Waals surface area (Å²) >= 11 is 0. The maximum absolute atomic E-state index is 9.84. The summed E-state index contributed by atoms with van der Waals surface area (Å²) in [5.74, 6) is 0.635. The number of nitrogens with two attached hydrogens (primary N) is 1. The molecule has 27 heavy (non-hydrogen) atoms. The minimum Gasteiger partial charge on any atom is -0.440 e. The van der Waals surface area contributed by atoms with Crippen LogP contribution in [0.2, 0.25) is 0 Å². The van der Waals surface area contributed by atoms with Crippen molar-refractivity contribution in [1.82, 2.24) is 0 Å². The highest BCUT2D eigenvalue weighted by Gasteiger charge is 2.32. The summed E-state index contributed by atoms with van der Waals surface area (Å²) < 4.78 is 5.82. The van der Waals surface area contributed by atoms with E-state index in [0.29, 0.717) is 11.3 Å². The van der Waals surface area contributed by atoms with Crippen molar-refractivity contribution in [2.45, 2.75) is 5.92 Å². The van der Waals surface area contributed by atoms with E-state index in [9.17, 15) is 5.26 Å². The van der Waals surface area contributed by atoms with Crippen LogP contribution in [0.15, 0.2) is 90.3 Å². The predicted molar refractivity (Wildman–Crippen MR) is 107 cm³/mol. The third kappa shape index (κ3) is 2.35. The molecule has 3 heteroatoms. The van der Waals surface area contributed by atoms with Gasteiger partial charge in [0.2, 0.25) is 5.88 Å². The SMILES string of the molecule is N#CC1=C(N)Oc2ccc3ccccc3c2[C@@H]1c1ccc2ccccc2c1. The topological polar surface area (TPSA) is 59.0 Å². The standard InChI is InChI=1S/C24H16N2O/c25-14-20-22(18-10-9-15-5-1-2-7-17(15)13-18)23-19-8-4-3-6-16(19)11-12-21(23)27-24(20)26/h1-13,22H,26H2/t22-/m1/s1. The lowest BCUT2D eigenvalue weighted by Gasteiger charge is -2.28. The van der Waals surface area contributed by atoms with Gasteiger partial charge < -0.3 is 10.5 Å². The Morgan fingerprint density at radius 3 is 2.33 bits per heavy atom. The third-order valence-corrected chi connectivity index (χ3v) is 5.22. The molecule has 3 nitrogen and oxygen atoms in total. The summed E-state index contributed by atoms with van der Waals surface area (Å²) in [6, 6.07) is 28.9. The van der Waals surface area contributed by atoms with E-state index < -0.39 is 0 Å². The van der Waals surface area contributed by atoms with Crippen molar-refractivity contribution in [3.8, 4) is 11.8 Å². The lowest BCUT2D eigenvalue weighted by atomic mass is 9.80. The quantitative estimate of drug-likeness (QED) is 0.513. The van der Waals surface area contributed by atoms with Gasteiger partial charge in [-0.05, 0) is 33.2 Å². The molecule has 0 radical (unpaired) electrons. The minimum absolute atomic E-state index is 0.179. The predicted octanol–water partition coefficient (Wildman–Crippen LogP) is 5.21. The number of ether oxygens (including phenoxy) is 1. The first-order chi connectivity index (χ1) is 13.3. The first-order valence-corrected chi connectivity index (χ1v) is 8.84. The highest BCUT2D eigenvalue weighted by molar-refractivity contribution is 5.91. The zero-order chi connectivity index (χ0) is 18.4. The fourth-order valence-electron chi connectivity index (χ4n) is 3.96. The van der Waals surface area contributed by atoms with Crippen LogP contribution in [0.1, 0.15) is 17.0 Å². The van der Waals surface area contributed by atoms with Crippen molar-refractivity contribution < 1.29 is 4.74 Å². The molecular weight excluding hydrogens is 332 g/mol. The number of rotatable bonds is 1. The average Bonchev–Trinajstić information content (AvgIpc) is 2.72. The summed E-state index contributed by atoms with van der Waals surface area (Å²) in [5.41, 5.74) is 8.61. The molecule has 0 saturated carbocycles. The summed E-state index contributed by atoms with van der Waals surface area (Å²) in [5, 5.41) is 14.3. The summed E-state index contributed by atoms with van der Waals surface area (Å²) in [6.07, 6.45) is 0. The van der Waals surface area contributed by atoms with Crippen LogP contribution in [-0.4, -0.2) is 0 Å². The first-order valence-electron chi connectivity index (χ1n) is 8.84. The molecule has 0 aromatic heterocycles.